The summed E-state index contributed by atoms with van der Waals surface area (Å²) >= 11 is 1.54. The third-order valence-electron chi connectivity index (χ3n) is 4.70. The smallest absolute Gasteiger partial charge is 0.350 e. The predicted molar refractivity (Wildman–Crippen MR) is 96.9 cm³/mol. The summed E-state index contributed by atoms with van der Waals surface area (Å²) in [6.07, 6.45) is -1.93. The van der Waals surface area contributed by atoms with Gasteiger partial charge < -0.3 is 20.1 Å². The largest absolute Gasteiger partial charge is 0.394 e. The zero-order chi connectivity index (χ0) is 18.5. The van der Waals surface area contributed by atoms with E-state index in [1.165, 1.54) is 24.5 Å². The van der Waals surface area contributed by atoms with Crippen molar-refractivity contribution in [3.63, 3.8) is 0 Å². The summed E-state index contributed by atoms with van der Waals surface area (Å²) in [5.74, 6) is 0. The van der Waals surface area contributed by atoms with Gasteiger partial charge in [-0.25, -0.2) is 4.79 Å². The van der Waals surface area contributed by atoms with Gasteiger partial charge in [-0.15, -0.1) is 11.3 Å². The zero-order valence-corrected chi connectivity index (χ0v) is 14.8. The van der Waals surface area contributed by atoms with E-state index in [0.29, 0.717) is 5.69 Å². The van der Waals surface area contributed by atoms with Crippen molar-refractivity contribution in [1.29, 1.82) is 0 Å². The molecule has 2 aromatic heterocycles. The molecule has 1 saturated heterocycles. The molecule has 0 spiro atoms. The lowest BCUT2D eigenvalue weighted by atomic mass is 9.96. The van der Waals surface area contributed by atoms with Gasteiger partial charge in [0.05, 0.1) is 17.2 Å². The minimum atomic E-state index is -1.72. The fourth-order valence-electron chi connectivity index (χ4n) is 3.23. The van der Waals surface area contributed by atoms with E-state index in [1.807, 2.05) is 30.3 Å². The Morgan fingerprint density at radius 1 is 1.35 bits per heavy atom. The van der Waals surface area contributed by atoms with E-state index < -0.39 is 36.3 Å². The second-order valence-electron chi connectivity index (χ2n) is 6.53. The molecule has 1 aliphatic heterocycles. The van der Waals surface area contributed by atoms with Crippen molar-refractivity contribution in [1.82, 2.24) is 9.55 Å². The van der Waals surface area contributed by atoms with Gasteiger partial charge in [0.15, 0.2) is 6.23 Å². The summed E-state index contributed by atoms with van der Waals surface area (Å²) in [4.78, 5) is 17.5. The van der Waals surface area contributed by atoms with Gasteiger partial charge in [-0.05, 0) is 30.5 Å². The Hall–Kier alpha value is -2.10. The van der Waals surface area contributed by atoms with Crippen LogP contribution in [-0.2, 0) is 4.74 Å². The van der Waals surface area contributed by atoms with Crippen molar-refractivity contribution in [3.05, 3.63) is 53.1 Å². The molecule has 4 atom stereocenters. The molecule has 3 aromatic rings. The normalized spacial score (nSPS) is 28.7. The number of aliphatic hydroxyl groups excluding tert-OH is 2. The van der Waals surface area contributed by atoms with Crippen LogP contribution in [0.4, 0.5) is 0 Å². The minimum absolute atomic E-state index is 0.462. The van der Waals surface area contributed by atoms with Gasteiger partial charge in [0.2, 0.25) is 0 Å². The van der Waals surface area contributed by atoms with Gasteiger partial charge >= 0.3 is 5.69 Å². The molecule has 3 N–H and O–H groups in total. The summed E-state index contributed by atoms with van der Waals surface area (Å²) in [5.41, 5.74) is -1.79. The van der Waals surface area contributed by atoms with Crippen LogP contribution >= 0.6 is 11.3 Å². The monoisotopic (exact) mass is 374 g/mol. The standard InChI is InChI=1S/C18H18N2O5S/c1-18(24)15(22)12(9-21)25-16(18)20-7-6-11(19-17(20)23)14-8-10-4-2-3-5-13(10)26-14/h2-8,12,15-16,21-22,24H,9H2,1H3/t12-,15-,16?,18-/m1/s1. The highest BCUT2D eigenvalue weighted by atomic mass is 32.1. The van der Waals surface area contributed by atoms with Crippen LogP contribution in [0.15, 0.2) is 47.4 Å². The van der Waals surface area contributed by atoms with Crippen molar-refractivity contribution in [2.75, 3.05) is 6.61 Å². The summed E-state index contributed by atoms with van der Waals surface area (Å²) in [7, 11) is 0. The van der Waals surface area contributed by atoms with Crippen LogP contribution in [0.5, 0.6) is 0 Å². The van der Waals surface area contributed by atoms with E-state index in [2.05, 4.69) is 4.98 Å². The molecular formula is C18H18N2O5S. The number of hydrogen-bond donors (Lipinski definition) is 3. The molecule has 0 saturated carbocycles. The van der Waals surface area contributed by atoms with Gasteiger partial charge in [-0.2, -0.15) is 4.98 Å². The molecule has 0 amide bonds. The lowest BCUT2D eigenvalue weighted by molar-refractivity contribution is -0.0986. The first-order valence-electron chi connectivity index (χ1n) is 8.16. The molecule has 26 heavy (non-hydrogen) atoms. The van der Waals surface area contributed by atoms with E-state index in [-0.39, 0.29) is 0 Å². The molecule has 3 heterocycles. The van der Waals surface area contributed by atoms with E-state index in [0.717, 1.165) is 19.5 Å². The van der Waals surface area contributed by atoms with Crippen LogP contribution in [-0.4, -0.2) is 49.3 Å². The maximum Gasteiger partial charge on any atom is 0.350 e. The molecular weight excluding hydrogens is 356 g/mol. The summed E-state index contributed by atoms with van der Waals surface area (Å²) in [6, 6.07) is 11.6. The highest BCUT2D eigenvalue weighted by Gasteiger charge is 2.53. The number of aliphatic hydroxyl groups is 3. The molecule has 0 aliphatic carbocycles. The fourth-order valence-corrected chi connectivity index (χ4v) is 4.26. The molecule has 0 bridgehead atoms. The second-order valence-corrected chi connectivity index (χ2v) is 7.62. The zero-order valence-electron chi connectivity index (χ0n) is 13.9. The van der Waals surface area contributed by atoms with Crippen molar-refractivity contribution >= 4 is 21.4 Å². The first-order chi connectivity index (χ1) is 12.4. The molecule has 1 fully saturated rings. The van der Waals surface area contributed by atoms with Crippen molar-refractivity contribution in [2.24, 2.45) is 0 Å². The first kappa shape index (κ1) is 17.3. The van der Waals surface area contributed by atoms with Gasteiger partial charge in [0.25, 0.3) is 0 Å². The van der Waals surface area contributed by atoms with Gasteiger partial charge in [0, 0.05) is 10.9 Å². The van der Waals surface area contributed by atoms with Crippen LogP contribution < -0.4 is 5.69 Å². The van der Waals surface area contributed by atoms with Gasteiger partial charge in [-0.1, -0.05) is 18.2 Å². The number of rotatable bonds is 3. The maximum absolute atomic E-state index is 12.5. The van der Waals surface area contributed by atoms with E-state index >= 15 is 0 Å². The Morgan fingerprint density at radius 2 is 2.12 bits per heavy atom. The number of thiophene rings is 1. The van der Waals surface area contributed by atoms with Crippen LogP contribution in [0.3, 0.4) is 0 Å². The number of hydrogen-bond acceptors (Lipinski definition) is 7. The van der Waals surface area contributed by atoms with Crippen molar-refractivity contribution < 1.29 is 20.1 Å². The van der Waals surface area contributed by atoms with Crippen LogP contribution in [0, 0.1) is 0 Å². The van der Waals surface area contributed by atoms with E-state index in [4.69, 9.17) is 4.74 Å². The lowest BCUT2D eigenvalue weighted by Crippen LogP contribution is -2.46. The quantitative estimate of drug-likeness (QED) is 0.635. The van der Waals surface area contributed by atoms with Crippen molar-refractivity contribution in [3.8, 4) is 10.6 Å². The Morgan fingerprint density at radius 3 is 2.77 bits per heavy atom. The van der Waals surface area contributed by atoms with Crippen molar-refractivity contribution in [2.45, 2.75) is 31.0 Å². The second kappa shape index (κ2) is 6.26. The molecule has 1 unspecified atom stereocenters. The van der Waals surface area contributed by atoms with E-state index in [9.17, 15) is 20.1 Å². The minimum Gasteiger partial charge on any atom is -0.394 e. The Labute approximate surface area is 152 Å². The molecule has 1 aliphatic rings. The molecule has 136 valence electrons. The molecule has 0 radical (unpaired) electrons. The highest BCUT2D eigenvalue weighted by molar-refractivity contribution is 7.22. The number of nitrogens with zero attached hydrogens (tertiary/aromatic N) is 2. The third-order valence-corrected chi connectivity index (χ3v) is 5.83. The fraction of sp³-hybridized carbons (Fsp3) is 0.333. The topological polar surface area (TPSA) is 105 Å². The van der Waals surface area contributed by atoms with E-state index in [1.54, 1.807) is 6.07 Å². The van der Waals surface area contributed by atoms with Gasteiger partial charge in [0.1, 0.15) is 17.8 Å². The summed E-state index contributed by atoms with van der Waals surface area (Å²) in [5, 5.41) is 30.9. The summed E-state index contributed by atoms with van der Waals surface area (Å²) in [6.45, 7) is 0.903. The number of ether oxygens (including phenoxy) is 1. The average Bonchev–Trinajstić information content (AvgIpc) is 3.15. The first-order valence-corrected chi connectivity index (χ1v) is 8.98. The Bertz CT molecular complexity index is 979. The number of aromatic nitrogens is 2. The Balaban J connectivity index is 1.71. The highest BCUT2D eigenvalue weighted by Crippen LogP contribution is 2.37. The average molecular weight is 374 g/mol. The predicted octanol–water partition coefficient (Wildman–Crippen LogP) is 1.13. The number of fused-ring (bicyclic) bond motifs is 1. The summed E-state index contributed by atoms with van der Waals surface area (Å²) < 4.78 is 7.71. The lowest BCUT2D eigenvalue weighted by Gasteiger charge is -2.27. The molecule has 4 rings (SSSR count). The van der Waals surface area contributed by atoms with Crippen LogP contribution in [0.1, 0.15) is 13.2 Å². The molecule has 1 aromatic carbocycles. The van der Waals surface area contributed by atoms with Crippen LogP contribution in [0.2, 0.25) is 0 Å². The molecule has 7 nitrogen and oxygen atoms in total. The van der Waals surface area contributed by atoms with Crippen LogP contribution in [0.25, 0.3) is 20.7 Å². The Kier molecular flexibility index (Phi) is 4.17. The maximum atomic E-state index is 12.5. The SMILES string of the molecule is C[C@]1(O)C(n2ccc(-c3cc4ccccc4s3)nc2=O)O[C@H](CO)[C@H]1O. The number of benzene rings is 1. The molecule has 8 heteroatoms. The third kappa shape index (κ3) is 2.67. The van der Waals surface area contributed by atoms with Gasteiger partial charge in [-0.3, -0.25) is 4.57 Å².